The van der Waals surface area contributed by atoms with E-state index >= 15 is 0 Å². The van der Waals surface area contributed by atoms with Crippen LogP contribution in [0.4, 0.5) is 0 Å². The maximum absolute atomic E-state index is 11.5. The van der Waals surface area contributed by atoms with Gasteiger partial charge in [0.1, 0.15) is 0 Å². The number of carbonyl (C=O) groups excluding carboxylic acids is 1. The summed E-state index contributed by atoms with van der Waals surface area (Å²) < 4.78 is 0. The zero-order valence-electron chi connectivity index (χ0n) is 11.5. The minimum atomic E-state index is 0.128. The standard InChI is InChI=1S/C15H26O/c1-7-14(13(6)16)11-15(8-2,9-3)10-12(4)5/h11H,4,7-10H2,1-3,5-6H3. The summed E-state index contributed by atoms with van der Waals surface area (Å²) in [6.45, 7) is 14.1. The molecule has 1 nitrogen and oxygen atoms in total. The molecule has 0 aromatic heterocycles. The molecular weight excluding hydrogens is 196 g/mol. The van der Waals surface area contributed by atoms with Crippen LogP contribution in [0.1, 0.15) is 60.3 Å². The monoisotopic (exact) mass is 222 g/mol. The predicted molar refractivity (Wildman–Crippen MR) is 71.5 cm³/mol. The molecule has 0 aliphatic heterocycles. The maximum atomic E-state index is 11.5. The lowest BCUT2D eigenvalue weighted by atomic mass is 9.75. The van der Waals surface area contributed by atoms with Gasteiger partial charge < -0.3 is 0 Å². The lowest BCUT2D eigenvalue weighted by Gasteiger charge is -2.29. The van der Waals surface area contributed by atoms with Crippen LogP contribution in [-0.4, -0.2) is 5.78 Å². The van der Waals surface area contributed by atoms with Gasteiger partial charge in [-0.05, 0) is 50.5 Å². The summed E-state index contributed by atoms with van der Waals surface area (Å²) in [4.78, 5) is 11.5. The molecule has 0 rings (SSSR count). The van der Waals surface area contributed by atoms with Crippen LogP contribution in [0.5, 0.6) is 0 Å². The van der Waals surface area contributed by atoms with Gasteiger partial charge in [0, 0.05) is 0 Å². The molecule has 1 heteroatoms. The first kappa shape index (κ1) is 15.2. The Balaban J connectivity index is 5.17. The third-order valence-electron chi connectivity index (χ3n) is 3.38. The highest BCUT2D eigenvalue weighted by molar-refractivity contribution is 5.93. The highest BCUT2D eigenvalue weighted by Gasteiger charge is 2.24. The van der Waals surface area contributed by atoms with E-state index in [4.69, 9.17) is 0 Å². The molecule has 0 saturated heterocycles. The average molecular weight is 222 g/mol. The third kappa shape index (κ3) is 4.34. The lowest BCUT2D eigenvalue weighted by molar-refractivity contribution is -0.113. The minimum absolute atomic E-state index is 0.128. The van der Waals surface area contributed by atoms with Crippen molar-refractivity contribution in [3.05, 3.63) is 23.8 Å². The number of allylic oxidation sites excluding steroid dienone is 3. The molecule has 0 aromatic rings. The molecule has 0 fully saturated rings. The van der Waals surface area contributed by atoms with Crippen molar-refractivity contribution in [1.82, 2.24) is 0 Å². The van der Waals surface area contributed by atoms with Gasteiger partial charge in [0.15, 0.2) is 5.78 Å². The first-order chi connectivity index (χ1) is 7.40. The molecule has 0 amide bonds. The second-order valence-electron chi connectivity index (χ2n) is 4.78. The zero-order chi connectivity index (χ0) is 12.8. The SMILES string of the molecule is C=C(C)CC(C=C(CC)C(C)=O)(CC)CC. The van der Waals surface area contributed by atoms with Gasteiger partial charge in [-0.15, -0.1) is 6.58 Å². The Morgan fingerprint density at radius 2 is 1.69 bits per heavy atom. The van der Waals surface area contributed by atoms with Crippen LogP contribution in [0, 0.1) is 5.41 Å². The van der Waals surface area contributed by atoms with Crippen molar-refractivity contribution in [1.29, 1.82) is 0 Å². The lowest BCUT2D eigenvalue weighted by Crippen LogP contribution is -2.18. The maximum Gasteiger partial charge on any atom is 0.155 e. The third-order valence-corrected chi connectivity index (χ3v) is 3.38. The number of Topliss-reactive ketones (excluding diaryl/α,β-unsaturated/α-hetero) is 1. The average Bonchev–Trinajstić information content (AvgIpc) is 2.23. The molecule has 0 radical (unpaired) electrons. The molecule has 0 spiro atoms. The van der Waals surface area contributed by atoms with Crippen LogP contribution in [-0.2, 0) is 4.79 Å². The highest BCUT2D eigenvalue weighted by atomic mass is 16.1. The molecule has 0 heterocycles. The summed E-state index contributed by atoms with van der Waals surface area (Å²) in [6, 6.07) is 0. The Morgan fingerprint density at radius 3 is 1.94 bits per heavy atom. The van der Waals surface area contributed by atoms with Gasteiger partial charge in [-0.3, -0.25) is 4.79 Å². The van der Waals surface area contributed by atoms with Gasteiger partial charge in [-0.2, -0.15) is 0 Å². The number of rotatable bonds is 7. The summed E-state index contributed by atoms with van der Waals surface area (Å²) in [5, 5.41) is 0. The van der Waals surface area contributed by atoms with Crippen LogP contribution >= 0.6 is 0 Å². The highest BCUT2D eigenvalue weighted by Crippen LogP contribution is 2.36. The van der Waals surface area contributed by atoms with E-state index in [0.29, 0.717) is 0 Å². The molecule has 0 N–H and O–H groups in total. The summed E-state index contributed by atoms with van der Waals surface area (Å²) in [5.74, 6) is 0.204. The van der Waals surface area contributed by atoms with Gasteiger partial charge in [0.2, 0.25) is 0 Å². The molecule has 0 bridgehead atoms. The van der Waals surface area contributed by atoms with Gasteiger partial charge >= 0.3 is 0 Å². The zero-order valence-corrected chi connectivity index (χ0v) is 11.5. The van der Waals surface area contributed by atoms with Crippen LogP contribution in [0.2, 0.25) is 0 Å². The van der Waals surface area contributed by atoms with Crippen molar-refractivity contribution < 1.29 is 4.79 Å². The van der Waals surface area contributed by atoms with Crippen molar-refractivity contribution in [3.8, 4) is 0 Å². The van der Waals surface area contributed by atoms with E-state index in [-0.39, 0.29) is 11.2 Å². The topological polar surface area (TPSA) is 17.1 Å². The predicted octanol–water partition coefficient (Wildman–Crippen LogP) is 4.68. The largest absolute Gasteiger partial charge is 0.295 e. The van der Waals surface area contributed by atoms with E-state index in [0.717, 1.165) is 31.3 Å². The number of carbonyl (C=O) groups is 1. The summed E-state index contributed by atoms with van der Waals surface area (Å²) in [6.07, 6.45) is 6.13. The van der Waals surface area contributed by atoms with Crippen LogP contribution in [0.25, 0.3) is 0 Å². The fraction of sp³-hybridized carbons (Fsp3) is 0.667. The van der Waals surface area contributed by atoms with E-state index in [9.17, 15) is 4.79 Å². The Morgan fingerprint density at radius 1 is 1.19 bits per heavy atom. The van der Waals surface area contributed by atoms with Crippen molar-refractivity contribution in [3.63, 3.8) is 0 Å². The second kappa shape index (κ2) is 6.67. The molecule has 92 valence electrons. The van der Waals surface area contributed by atoms with Crippen molar-refractivity contribution >= 4 is 5.78 Å². The smallest absolute Gasteiger partial charge is 0.155 e. The van der Waals surface area contributed by atoms with Gasteiger partial charge in [-0.25, -0.2) is 0 Å². The van der Waals surface area contributed by atoms with E-state index in [1.54, 1.807) is 6.92 Å². The summed E-state index contributed by atoms with van der Waals surface area (Å²) >= 11 is 0. The molecular formula is C15H26O. The van der Waals surface area contributed by atoms with Crippen LogP contribution < -0.4 is 0 Å². The van der Waals surface area contributed by atoms with Crippen LogP contribution in [0.3, 0.4) is 0 Å². The molecule has 0 unspecified atom stereocenters. The molecule has 0 aliphatic carbocycles. The quantitative estimate of drug-likeness (QED) is 0.451. The first-order valence-electron chi connectivity index (χ1n) is 6.27. The summed E-state index contributed by atoms with van der Waals surface area (Å²) in [7, 11) is 0. The van der Waals surface area contributed by atoms with Crippen molar-refractivity contribution in [2.75, 3.05) is 0 Å². The fourth-order valence-corrected chi connectivity index (χ4v) is 2.18. The molecule has 0 saturated carbocycles. The Bertz CT molecular complexity index is 280. The Kier molecular flexibility index (Phi) is 6.32. The Hall–Kier alpha value is -0.850. The van der Waals surface area contributed by atoms with E-state index < -0.39 is 0 Å². The van der Waals surface area contributed by atoms with Gasteiger partial charge in [-0.1, -0.05) is 32.4 Å². The number of hydrogen-bond acceptors (Lipinski definition) is 1. The Labute approximate surface area is 101 Å². The summed E-state index contributed by atoms with van der Waals surface area (Å²) in [5.41, 5.74) is 2.28. The normalized spacial score (nSPS) is 12.7. The molecule has 0 aliphatic rings. The molecule has 16 heavy (non-hydrogen) atoms. The van der Waals surface area contributed by atoms with Crippen molar-refractivity contribution in [2.45, 2.75) is 60.3 Å². The first-order valence-corrected chi connectivity index (χ1v) is 6.27. The molecule has 0 atom stereocenters. The van der Waals surface area contributed by atoms with Crippen LogP contribution in [0.15, 0.2) is 23.8 Å². The number of hydrogen-bond donors (Lipinski definition) is 0. The van der Waals surface area contributed by atoms with E-state index in [1.807, 2.05) is 6.92 Å². The minimum Gasteiger partial charge on any atom is -0.295 e. The van der Waals surface area contributed by atoms with Gasteiger partial charge in [0.25, 0.3) is 0 Å². The van der Waals surface area contributed by atoms with Crippen molar-refractivity contribution in [2.24, 2.45) is 5.41 Å². The second-order valence-corrected chi connectivity index (χ2v) is 4.78. The van der Waals surface area contributed by atoms with Gasteiger partial charge in [0.05, 0.1) is 0 Å². The number of ketones is 1. The van der Waals surface area contributed by atoms with E-state index in [2.05, 4.69) is 33.4 Å². The van der Waals surface area contributed by atoms with E-state index in [1.165, 1.54) is 5.57 Å². The molecule has 0 aromatic carbocycles. The fourth-order valence-electron chi connectivity index (χ4n) is 2.18.